The van der Waals surface area contributed by atoms with Crippen molar-refractivity contribution >= 4 is 0 Å². The molecule has 0 unspecified atom stereocenters. The van der Waals surface area contributed by atoms with Crippen molar-refractivity contribution in [2.24, 2.45) is 0 Å². The van der Waals surface area contributed by atoms with Crippen LogP contribution in [0.25, 0.3) is 0 Å². The van der Waals surface area contributed by atoms with Crippen molar-refractivity contribution in [3.05, 3.63) is 108 Å². The van der Waals surface area contributed by atoms with Gasteiger partial charge in [-0.25, -0.2) is 0 Å². The van der Waals surface area contributed by atoms with Gasteiger partial charge in [-0.1, -0.05) is 105 Å². The van der Waals surface area contributed by atoms with Gasteiger partial charge in [-0.2, -0.15) is 0 Å². The Hall–Kier alpha value is -2.34. The van der Waals surface area contributed by atoms with Gasteiger partial charge in [0, 0.05) is 5.41 Å². The third-order valence-electron chi connectivity index (χ3n) is 3.97. The summed E-state index contributed by atoms with van der Waals surface area (Å²) in [5.41, 5.74) is 3.53. The molecule has 0 saturated heterocycles. The number of rotatable bonds is 5. The third kappa shape index (κ3) is 4.32. The van der Waals surface area contributed by atoms with Crippen LogP contribution >= 0.6 is 0 Å². The lowest BCUT2D eigenvalue weighted by molar-refractivity contribution is 0.691. The van der Waals surface area contributed by atoms with Gasteiger partial charge in [0.25, 0.3) is 0 Å². The zero-order valence-corrected chi connectivity index (χ0v) is 14.8. The van der Waals surface area contributed by atoms with Crippen LogP contribution in [0.4, 0.5) is 0 Å². The van der Waals surface area contributed by atoms with Crippen LogP contribution in [0.2, 0.25) is 0 Å². The Kier molecular flexibility index (Phi) is 7.83. The van der Waals surface area contributed by atoms with E-state index in [9.17, 15) is 0 Å². The van der Waals surface area contributed by atoms with E-state index in [4.69, 9.17) is 0 Å². The highest BCUT2D eigenvalue weighted by Crippen LogP contribution is 2.39. The van der Waals surface area contributed by atoms with Crippen LogP contribution in [-0.4, -0.2) is 0 Å². The Morgan fingerprint density at radius 1 is 0.870 bits per heavy atom. The van der Waals surface area contributed by atoms with Crippen LogP contribution in [0.5, 0.6) is 0 Å². The Labute approximate surface area is 141 Å². The molecule has 0 heteroatoms. The largest absolute Gasteiger partial charge is 0.0987 e. The summed E-state index contributed by atoms with van der Waals surface area (Å²) in [5, 5.41) is 0. The molecule has 0 bridgehead atoms. The van der Waals surface area contributed by atoms with Crippen LogP contribution in [0.3, 0.4) is 0 Å². The fraction of sp³-hybridized carbons (Fsp3) is 0.217. The van der Waals surface area contributed by atoms with E-state index in [2.05, 4.69) is 86.3 Å². The first-order valence-electron chi connectivity index (χ1n) is 8.30. The minimum absolute atomic E-state index is 0.205. The molecule has 0 saturated carbocycles. The number of benzene rings is 2. The van der Waals surface area contributed by atoms with Crippen molar-refractivity contribution in [2.75, 3.05) is 0 Å². The van der Waals surface area contributed by atoms with Crippen LogP contribution in [0.1, 0.15) is 38.8 Å². The van der Waals surface area contributed by atoms with E-state index in [1.807, 2.05) is 32.9 Å². The number of hydrogen-bond donors (Lipinski definition) is 0. The lowest BCUT2D eigenvalue weighted by Crippen LogP contribution is -2.25. The maximum atomic E-state index is 4.03. The molecule has 2 rings (SSSR count). The van der Waals surface area contributed by atoms with E-state index in [1.54, 1.807) is 0 Å². The van der Waals surface area contributed by atoms with Gasteiger partial charge < -0.3 is 0 Å². The molecule has 0 radical (unpaired) electrons. The fourth-order valence-corrected chi connectivity index (χ4v) is 2.68. The molecule has 0 amide bonds. The predicted octanol–water partition coefficient (Wildman–Crippen LogP) is 6.71. The molecule has 0 aliphatic carbocycles. The summed E-state index contributed by atoms with van der Waals surface area (Å²) >= 11 is 0. The molecule has 0 aliphatic rings. The van der Waals surface area contributed by atoms with E-state index in [0.29, 0.717) is 0 Å². The van der Waals surface area contributed by atoms with Gasteiger partial charge in [0.2, 0.25) is 0 Å². The lowest BCUT2D eigenvalue weighted by atomic mass is 9.70. The second kappa shape index (κ2) is 9.63. The molecule has 0 heterocycles. The Morgan fingerprint density at radius 3 is 1.65 bits per heavy atom. The average Bonchev–Trinajstić information content (AvgIpc) is 2.65. The van der Waals surface area contributed by atoms with Crippen molar-refractivity contribution < 1.29 is 0 Å². The highest BCUT2D eigenvalue weighted by molar-refractivity contribution is 5.51. The zero-order chi connectivity index (χ0) is 17.1. The lowest BCUT2D eigenvalue weighted by Gasteiger charge is -2.32. The summed E-state index contributed by atoms with van der Waals surface area (Å²) in [6.45, 7) is 12.3. The van der Waals surface area contributed by atoms with Crippen LogP contribution < -0.4 is 0 Å². The summed E-state index contributed by atoms with van der Waals surface area (Å²) in [4.78, 5) is 0. The maximum Gasteiger partial charge on any atom is 0.0423 e. The minimum Gasteiger partial charge on any atom is -0.0987 e. The normalized spacial score (nSPS) is 11.7. The molecule has 0 nitrogen and oxygen atoms in total. The summed E-state index contributed by atoms with van der Waals surface area (Å²) < 4.78 is 0. The molecule has 0 aromatic heterocycles. The van der Waals surface area contributed by atoms with Crippen molar-refractivity contribution in [1.82, 2.24) is 0 Å². The van der Waals surface area contributed by atoms with E-state index in [1.165, 1.54) is 16.7 Å². The SMILES string of the molecule is C=C/C(=C\C=C/C)C(C)(c1ccccc1)c1ccccc1.CC. The highest BCUT2D eigenvalue weighted by Gasteiger charge is 2.31. The van der Waals surface area contributed by atoms with Gasteiger partial charge in [-0.05, 0) is 30.5 Å². The van der Waals surface area contributed by atoms with Gasteiger partial charge in [0.1, 0.15) is 0 Å². The molecule has 0 fully saturated rings. The quantitative estimate of drug-likeness (QED) is 0.539. The summed E-state index contributed by atoms with van der Waals surface area (Å²) in [6.07, 6.45) is 8.22. The van der Waals surface area contributed by atoms with E-state index < -0.39 is 0 Å². The van der Waals surface area contributed by atoms with Crippen molar-refractivity contribution in [3.8, 4) is 0 Å². The molecule has 0 spiro atoms. The predicted molar refractivity (Wildman–Crippen MR) is 104 cm³/mol. The number of allylic oxidation sites excluding steroid dienone is 5. The third-order valence-corrected chi connectivity index (χ3v) is 3.97. The van der Waals surface area contributed by atoms with Crippen LogP contribution in [0, 0.1) is 0 Å². The molecular formula is C23H28. The Bertz CT molecular complexity index is 591. The molecule has 23 heavy (non-hydrogen) atoms. The molecule has 0 aliphatic heterocycles. The second-order valence-corrected chi connectivity index (χ2v) is 5.21. The molecule has 2 aromatic carbocycles. The number of hydrogen-bond acceptors (Lipinski definition) is 0. The molecule has 120 valence electrons. The van der Waals surface area contributed by atoms with Gasteiger partial charge in [-0.3, -0.25) is 0 Å². The smallest absolute Gasteiger partial charge is 0.0423 e. The summed E-state index contributed by atoms with van der Waals surface area (Å²) in [7, 11) is 0. The topological polar surface area (TPSA) is 0 Å². The zero-order valence-electron chi connectivity index (χ0n) is 14.8. The first-order chi connectivity index (χ1) is 11.2. The Morgan fingerprint density at radius 2 is 1.30 bits per heavy atom. The molecule has 0 atom stereocenters. The van der Waals surface area contributed by atoms with Crippen LogP contribution in [0.15, 0.2) is 97.1 Å². The standard InChI is InChI=1S/C21H22.C2H6/c1-4-6-13-18(5-2)21(3,19-14-9-7-10-15-19)20-16-11-8-12-17-20;1-2/h4-17H,2H2,1,3H3;1-2H3/b6-4-,18-13+;. The minimum atomic E-state index is -0.205. The molecule has 0 N–H and O–H groups in total. The first-order valence-corrected chi connectivity index (χ1v) is 8.30. The van der Waals surface area contributed by atoms with E-state index in [-0.39, 0.29) is 5.41 Å². The first kappa shape index (κ1) is 18.7. The van der Waals surface area contributed by atoms with E-state index in [0.717, 1.165) is 0 Å². The van der Waals surface area contributed by atoms with Crippen molar-refractivity contribution in [3.63, 3.8) is 0 Å². The maximum absolute atomic E-state index is 4.03. The highest BCUT2D eigenvalue weighted by atomic mass is 14.3. The fourth-order valence-electron chi connectivity index (χ4n) is 2.68. The van der Waals surface area contributed by atoms with Gasteiger partial charge >= 0.3 is 0 Å². The van der Waals surface area contributed by atoms with Gasteiger partial charge in [0.05, 0.1) is 0 Å². The molecular weight excluding hydrogens is 276 g/mol. The summed E-state index contributed by atoms with van der Waals surface area (Å²) in [6, 6.07) is 21.2. The van der Waals surface area contributed by atoms with Gasteiger partial charge in [0.15, 0.2) is 0 Å². The monoisotopic (exact) mass is 304 g/mol. The summed E-state index contributed by atoms with van der Waals surface area (Å²) in [5.74, 6) is 0. The molecule has 2 aromatic rings. The van der Waals surface area contributed by atoms with Gasteiger partial charge in [-0.15, -0.1) is 0 Å². The second-order valence-electron chi connectivity index (χ2n) is 5.21. The van der Waals surface area contributed by atoms with E-state index >= 15 is 0 Å². The van der Waals surface area contributed by atoms with Crippen molar-refractivity contribution in [1.29, 1.82) is 0 Å². The van der Waals surface area contributed by atoms with Crippen LogP contribution in [-0.2, 0) is 5.41 Å². The average molecular weight is 304 g/mol. The Balaban J connectivity index is 0.00000127. The van der Waals surface area contributed by atoms with Crippen molar-refractivity contribution in [2.45, 2.75) is 33.1 Å².